The Bertz CT molecular complexity index is 708. The third kappa shape index (κ3) is 2.57. The van der Waals surface area contributed by atoms with Gasteiger partial charge in [-0.25, -0.2) is 4.79 Å². The van der Waals surface area contributed by atoms with Crippen molar-refractivity contribution >= 4 is 11.0 Å². The van der Waals surface area contributed by atoms with Crippen molar-refractivity contribution in [3.8, 4) is 0 Å². The molecule has 1 aliphatic heterocycles. The Kier molecular flexibility index (Phi) is 3.32. The normalized spacial score (nSPS) is 18.5. The molecule has 1 fully saturated rings. The molecule has 0 saturated carbocycles. The topological polar surface area (TPSA) is 41.0 Å². The van der Waals surface area contributed by atoms with E-state index in [1.54, 1.807) is 4.57 Å². The first-order chi connectivity index (χ1) is 9.86. The first-order valence-corrected chi connectivity index (χ1v) is 6.86. The van der Waals surface area contributed by atoms with Crippen molar-refractivity contribution < 1.29 is 13.2 Å². The minimum absolute atomic E-state index is 0.0409. The first kappa shape index (κ1) is 14.2. The van der Waals surface area contributed by atoms with E-state index in [9.17, 15) is 18.0 Å². The van der Waals surface area contributed by atoms with Crippen molar-refractivity contribution in [2.45, 2.75) is 25.1 Å². The van der Waals surface area contributed by atoms with Crippen molar-refractivity contribution in [1.82, 2.24) is 14.5 Å². The molecule has 0 spiro atoms. The number of H-pyrrole nitrogens is 1. The summed E-state index contributed by atoms with van der Waals surface area (Å²) in [5, 5.41) is 0. The Morgan fingerprint density at radius 1 is 1.24 bits per heavy atom. The van der Waals surface area contributed by atoms with Gasteiger partial charge in [-0.05, 0) is 51.2 Å². The number of fused-ring (bicyclic) bond motifs is 1. The van der Waals surface area contributed by atoms with E-state index in [0.717, 1.165) is 38.1 Å². The number of nitrogens with zero attached hydrogens (tertiary/aromatic N) is 2. The molecule has 0 bridgehead atoms. The van der Waals surface area contributed by atoms with Crippen molar-refractivity contribution in [3.05, 3.63) is 34.2 Å². The summed E-state index contributed by atoms with van der Waals surface area (Å²) in [4.78, 5) is 16.8. The summed E-state index contributed by atoms with van der Waals surface area (Å²) in [6.45, 7) is 1.76. The lowest BCUT2D eigenvalue weighted by molar-refractivity contribution is -0.137. The van der Waals surface area contributed by atoms with Crippen LogP contribution >= 0.6 is 0 Å². The van der Waals surface area contributed by atoms with Gasteiger partial charge in [0.25, 0.3) is 0 Å². The number of aromatic amines is 1. The molecule has 3 rings (SSSR count). The molecule has 1 aromatic carbocycles. The Labute approximate surface area is 119 Å². The zero-order valence-corrected chi connectivity index (χ0v) is 11.6. The van der Waals surface area contributed by atoms with E-state index in [1.807, 2.05) is 7.05 Å². The van der Waals surface area contributed by atoms with E-state index in [4.69, 9.17) is 0 Å². The molecule has 1 aromatic heterocycles. The highest BCUT2D eigenvalue weighted by molar-refractivity contribution is 5.76. The standard InChI is InChI=1S/C14H16F3N3O/c1-19-6-4-10(5-7-19)20-12-3-2-9(14(15,16)17)8-11(12)18-13(20)21/h2-3,8,10H,4-7H2,1H3,(H,18,21). The fourth-order valence-corrected chi connectivity index (χ4v) is 2.92. The highest BCUT2D eigenvalue weighted by Gasteiger charge is 2.31. The van der Waals surface area contributed by atoms with Gasteiger partial charge in [-0.2, -0.15) is 13.2 Å². The van der Waals surface area contributed by atoms with E-state index in [2.05, 4.69) is 9.88 Å². The van der Waals surface area contributed by atoms with Gasteiger partial charge in [0.15, 0.2) is 0 Å². The second-order valence-corrected chi connectivity index (χ2v) is 5.56. The van der Waals surface area contributed by atoms with Crippen LogP contribution < -0.4 is 5.69 Å². The molecule has 2 heterocycles. The van der Waals surface area contributed by atoms with Gasteiger partial charge in [-0.1, -0.05) is 0 Å². The molecule has 2 aromatic rings. The van der Waals surface area contributed by atoms with Crippen LogP contribution in [0.2, 0.25) is 0 Å². The fourth-order valence-electron chi connectivity index (χ4n) is 2.92. The number of nitrogens with one attached hydrogen (secondary N) is 1. The number of rotatable bonds is 1. The third-order valence-electron chi connectivity index (χ3n) is 4.10. The first-order valence-electron chi connectivity index (χ1n) is 6.86. The average Bonchev–Trinajstić information content (AvgIpc) is 2.74. The van der Waals surface area contributed by atoms with Crippen LogP contribution in [0.5, 0.6) is 0 Å². The number of hydrogen-bond donors (Lipinski definition) is 1. The molecule has 0 amide bonds. The summed E-state index contributed by atoms with van der Waals surface area (Å²) < 4.78 is 39.7. The largest absolute Gasteiger partial charge is 0.416 e. The highest BCUT2D eigenvalue weighted by Crippen LogP contribution is 2.32. The summed E-state index contributed by atoms with van der Waals surface area (Å²) in [6.07, 6.45) is -2.75. The van der Waals surface area contributed by atoms with E-state index in [0.29, 0.717) is 5.52 Å². The smallest absolute Gasteiger partial charge is 0.306 e. The van der Waals surface area contributed by atoms with Gasteiger partial charge in [0, 0.05) is 6.04 Å². The second-order valence-electron chi connectivity index (χ2n) is 5.56. The lowest BCUT2D eigenvalue weighted by Crippen LogP contribution is -2.34. The minimum atomic E-state index is -4.40. The van der Waals surface area contributed by atoms with Crippen molar-refractivity contribution in [2.24, 2.45) is 0 Å². The molecule has 1 saturated heterocycles. The number of benzene rings is 1. The monoisotopic (exact) mass is 299 g/mol. The van der Waals surface area contributed by atoms with Crippen molar-refractivity contribution in [3.63, 3.8) is 0 Å². The molecule has 4 nitrogen and oxygen atoms in total. The fraction of sp³-hybridized carbons (Fsp3) is 0.500. The van der Waals surface area contributed by atoms with Crippen LogP contribution in [0.3, 0.4) is 0 Å². The summed E-state index contributed by atoms with van der Waals surface area (Å²) >= 11 is 0. The molecule has 21 heavy (non-hydrogen) atoms. The molecular weight excluding hydrogens is 283 g/mol. The summed E-state index contributed by atoms with van der Waals surface area (Å²) in [5.74, 6) is 0. The van der Waals surface area contributed by atoms with Gasteiger partial charge in [-0.3, -0.25) is 4.57 Å². The third-order valence-corrected chi connectivity index (χ3v) is 4.10. The van der Waals surface area contributed by atoms with Crippen LogP contribution in [0.25, 0.3) is 11.0 Å². The SMILES string of the molecule is CN1CCC(n2c(=O)[nH]c3cc(C(F)(F)F)ccc32)CC1. The predicted octanol–water partition coefficient (Wildman–Crippen LogP) is 2.62. The maximum atomic E-state index is 12.7. The molecular formula is C14H16F3N3O. The van der Waals surface area contributed by atoms with Gasteiger partial charge in [0.05, 0.1) is 16.6 Å². The number of alkyl halides is 3. The van der Waals surface area contributed by atoms with Crippen LogP contribution in [0.15, 0.2) is 23.0 Å². The van der Waals surface area contributed by atoms with Gasteiger partial charge >= 0.3 is 11.9 Å². The van der Waals surface area contributed by atoms with Crippen LogP contribution in [0.1, 0.15) is 24.4 Å². The van der Waals surface area contributed by atoms with Crippen LogP contribution in [0, 0.1) is 0 Å². The zero-order valence-electron chi connectivity index (χ0n) is 11.6. The van der Waals surface area contributed by atoms with Gasteiger partial charge in [0.2, 0.25) is 0 Å². The molecule has 114 valence electrons. The Hall–Kier alpha value is -1.76. The number of hydrogen-bond acceptors (Lipinski definition) is 2. The summed E-state index contributed by atoms with van der Waals surface area (Å²) in [7, 11) is 2.02. The number of halogens is 3. The Morgan fingerprint density at radius 2 is 1.90 bits per heavy atom. The van der Waals surface area contributed by atoms with Gasteiger partial charge in [-0.15, -0.1) is 0 Å². The van der Waals surface area contributed by atoms with E-state index in [1.165, 1.54) is 6.07 Å². The quantitative estimate of drug-likeness (QED) is 0.879. The predicted molar refractivity (Wildman–Crippen MR) is 73.3 cm³/mol. The van der Waals surface area contributed by atoms with Crippen LogP contribution in [-0.2, 0) is 6.18 Å². The molecule has 0 radical (unpaired) electrons. The molecule has 0 aliphatic carbocycles. The van der Waals surface area contributed by atoms with Gasteiger partial charge in [0.1, 0.15) is 0 Å². The molecule has 7 heteroatoms. The average molecular weight is 299 g/mol. The Morgan fingerprint density at radius 3 is 2.52 bits per heavy atom. The lowest BCUT2D eigenvalue weighted by Gasteiger charge is -2.29. The number of imidazole rings is 1. The molecule has 0 unspecified atom stereocenters. The highest BCUT2D eigenvalue weighted by atomic mass is 19.4. The molecule has 1 N–H and O–H groups in total. The second kappa shape index (κ2) is 4.91. The number of piperidine rings is 1. The molecule has 1 aliphatic rings. The van der Waals surface area contributed by atoms with Crippen LogP contribution in [0.4, 0.5) is 13.2 Å². The minimum Gasteiger partial charge on any atom is -0.306 e. The number of aromatic nitrogens is 2. The lowest BCUT2D eigenvalue weighted by atomic mass is 10.0. The van der Waals surface area contributed by atoms with Crippen LogP contribution in [-0.4, -0.2) is 34.6 Å². The van der Waals surface area contributed by atoms with E-state index >= 15 is 0 Å². The zero-order chi connectivity index (χ0) is 15.2. The Balaban J connectivity index is 2.04. The summed E-state index contributed by atoms with van der Waals surface area (Å²) in [5.41, 5.74) is -0.290. The maximum absolute atomic E-state index is 12.7. The van der Waals surface area contributed by atoms with Crippen molar-refractivity contribution in [1.29, 1.82) is 0 Å². The van der Waals surface area contributed by atoms with E-state index in [-0.39, 0.29) is 17.2 Å². The number of likely N-dealkylation sites (tertiary alicyclic amines) is 1. The van der Waals surface area contributed by atoms with Crippen molar-refractivity contribution in [2.75, 3.05) is 20.1 Å². The van der Waals surface area contributed by atoms with Gasteiger partial charge < -0.3 is 9.88 Å². The molecule has 0 atom stereocenters. The maximum Gasteiger partial charge on any atom is 0.416 e. The van der Waals surface area contributed by atoms with E-state index < -0.39 is 11.7 Å². The summed E-state index contributed by atoms with van der Waals surface area (Å²) in [6, 6.07) is 3.46.